The van der Waals surface area contributed by atoms with Gasteiger partial charge in [0.15, 0.2) is 0 Å². The fourth-order valence-corrected chi connectivity index (χ4v) is 2.16. The van der Waals surface area contributed by atoms with Crippen molar-refractivity contribution < 1.29 is 0 Å². The Labute approximate surface area is 136 Å². The monoisotopic (exact) mass is 328 g/mol. The van der Waals surface area contributed by atoms with Gasteiger partial charge in [0.1, 0.15) is 10.8 Å². The van der Waals surface area contributed by atoms with Gasteiger partial charge in [0.05, 0.1) is 11.7 Å². The second-order valence-corrected chi connectivity index (χ2v) is 5.38. The quantitative estimate of drug-likeness (QED) is 0.437. The highest BCUT2D eigenvalue weighted by molar-refractivity contribution is 6.32. The van der Waals surface area contributed by atoms with Gasteiger partial charge in [0, 0.05) is 10.9 Å². The Kier molecular flexibility index (Phi) is 4.03. The number of pyridine rings is 1. The molecule has 0 saturated heterocycles. The average Bonchev–Trinajstić information content (AvgIpc) is 2.51. The predicted octanol–water partition coefficient (Wildman–Crippen LogP) is 2.43. The molecule has 3 rings (SSSR count). The zero-order valence-corrected chi connectivity index (χ0v) is 13.2. The maximum absolute atomic E-state index is 11.4. The first kappa shape index (κ1) is 15.1. The number of benzene rings is 1. The van der Waals surface area contributed by atoms with Crippen LogP contribution in [0, 0.1) is 13.8 Å². The van der Waals surface area contributed by atoms with Crippen molar-refractivity contribution in [3.63, 3.8) is 0 Å². The summed E-state index contributed by atoms with van der Waals surface area (Å²) in [5, 5.41) is 12.8. The molecule has 1 aromatic carbocycles. The lowest BCUT2D eigenvalue weighted by Gasteiger charge is -2.03. The molecule has 0 aliphatic rings. The number of aromatic amines is 1. The number of hydrogen-bond donors (Lipinski definition) is 2. The largest absolute Gasteiger partial charge is 0.288 e. The summed E-state index contributed by atoms with van der Waals surface area (Å²) < 4.78 is 0. The van der Waals surface area contributed by atoms with Crippen molar-refractivity contribution >= 4 is 34.7 Å². The van der Waals surface area contributed by atoms with E-state index in [4.69, 9.17) is 11.6 Å². The number of H-pyrrole nitrogens is 1. The molecular weight excluding hydrogens is 316 g/mol. The molecule has 0 spiro atoms. The lowest BCUT2D eigenvalue weighted by Crippen LogP contribution is -2.15. The van der Waals surface area contributed by atoms with Crippen LogP contribution in [-0.4, -0.2) is 26.4 Å². The fraction of sp³-hybridized carbons (Fsp3) is 0.133. The molecule has 8 heteroatoms. The van der Waals surface area contributed by atoms with Crippen molar-refractivity contribution in [1.29, 1.82) is 0 Å². The van der Waals surface area contributed by atoms with Crippen LogP contribution < -0.4 is 11.0 Å². The van der Waals surface area contributed by atoms with Crippen molar-refractivity contribution in [3.8, 4) is 0 Å². The van der Waals surface area contributed by atoms with Gasteiger partial charge in [-0.1, -0.05) is 23.7 Å². The molecule has 0 unspecified atom stereocenters. The van der Waals surface area contributed by atoms with Crippen LogP contribution in [0.15, 0.2) is 34.2 Å². The highest BCUT2D eigenvalue weighted by Gasteiger charge is 2.04. The molecule has 3 aromatic rings. The topological polar surface area (TPSA) is 95.9 Å². The first-order valence-corrected chi connectivity index (χ1v) is 7.20. The molecule has 7 nitrogen and oxygen atoms in total. The van der Waals surface area contributed by atoms with E-state index < -0.39 is 0 Å². The summed E-state index contributed by atoms with van der Waals surface area (Å²) in [5.41, 5.74) is 5.16. The average molecular weight is 329 g/mol. The molecule has 0 amide bonds. The number of nitrogens with one attached hydrogen (secondary N) is 2. The van der Waals surface area contributed by atoms with Crippen LogP contribution in [0.25, 0.3) is 10.9 Å². The highest BCUT2D eigenvalue weighted by Crippen LogP contribution is 2.20. The minimum Gasteiger partial charge on any atom is -0.288 e. The van der Waals surface area contributed by atoms with E-state index in [1.165, 1.54) is 6.21 Å². The fourth-order valence-electron chi connectivity index (χ4n) is 1.97. The first-order chi connectivity index (χ1) is 11.0. The molecule has 2 aromatic heterocycles. The Morgan fingerprint density at radius 2 is 2.09 bits per heavy atom. The van der Waals surface area contributed by atoms with Gasteiger partial charge in [0.2, 0.25) is 5.95 Å². The minimum absolute atomic E-state index is 0.150. The van der Waals surface area contributed by atoms with Gasteiger partial charge in [-0.25, -0.2) is 10.4 Å². The zero-order valence-electron chi connectivity index (χ0n) is 12.5. The number of rotatable bonds is 3. The van der Waals surface area contributed by atoms with Crippen molar-refractivity contribution in [2.24, 2.45) is 5.10 Å². The summed E-state index contributed by atoms with van der Waals surface area (Å²) in [4.78, 5) is 18.3. The molecule has 0 bridgehead atoms. The Morgan fingerprint density at radius 3 is 2.87 bits per heavy atom. The van der Waals surface area contributed by atoms with Crippen molar-refractivity contribution in [3.05, 3.63) is 56.6 Å². The van der Waals surface area contributed by atoms with Crippen LogP contribution in [-0.2, 0) is 0 Å². The standard InChI is InChI=1S/C15H13ClN6O/c1-8-3-4-10-6-11(13(16)18-12(10)5-8)7-17-21-15-19-14(23)9(2)20-22-15/h3-7H,1-2H3,(H2,19,21,22,23)/b17-7+. The highest BCUT2D eigenvalue weighted by atomic mass is 35.5. The number of nitrogens with zero attached hydrogens (tertiary/aromatic N) is 4. The molecule has 116 valence electrons. The SMILES string of the molecule is Cc1ccc2cc(/C=N/Nc3nnc(C)c(=O)[nH]3)c(Cl)nc2c1. The normalized spacial score (nSPS) is 11.3. The third-order valence-electron chi connectivity index (χ3n) is 3.19. The first-order valence-electron chi connectivity index (χ1n) is 6.82. The van der Waals surface area contributed by atoms with Gasteiger partial charge in [-0.2, -0.15) is 5.10 Å². The molecule has 0 saturated carbocycles. The molecule has 2 N–H and O–H groups in total. The molecule has 0 aliphatic heterocycles. The third-order valence-corrected chi connectivity index (χ3v) is 3.49. The van der Waals surface area contributed by atoms with E-state index in [1.807, 2.05) is 31.2 Å². The van der Waals surface area contributed by atoms with Gasteiger partial charge in [-0.05, 0) is 31.5 Å². The number of halogens is 1. The summed E-state index contributed by atoms with van der Waals surface area (Å²) in [6.07, 6.45) is 1.51. The van der Waals surface area contributed by atoms with Crippen LogP contribution in [0.5, 0.6) is 0 Å². The molecule has 0 aliphatic carbocycles. The van der Waals surface area contributed by atoms with E-state index in [0.29, 0.717) is 10.7 Å². The summed E-state index contributed by atoms with van der Waals surface area (Å²) in [5.74, 6) is 0.150. The van der Waals surface area contributed by atoms with E-state index in [1.54, 1.807) is 6.92 Å². The molecule has 0 radical (unpaired) electrons. The van der Waals surface area contributed by atoms with Crippen molar-refractivity contribution in [1.82, 2.24) is 20.2 Å². The number of fused-ring (bicyclic) bond motifs is 1. The molecule has 2 heterocycles. The van der Waals surface area contributed by atoms with Gasteiger partial charge in [-0.3, -0.25) is 9.78 Å². The van der Waals surface area contributed by atoms with Crippen LogP contribution in [0.4, 0.5) is 5.95 Å². The summed E-state index contributed by atoms with van der Waals surface area (Å²) in [6, 6.07) is 7.83. The van der Waals surface area contributed by atoms with E-state index in [9.17, 15) is 4.79 Å². The summed E-state index contributed by atoms with van der Waals surface area (Å²) >= 11 is 6.17. The number of hydrogen-bond acceptors (Lipinski definition) is 6. The van der Waals surface area contributed by atoms with Crippen LogP contribution in [0.2, 0.25) is 5.15 Å². The third kappa shape index (κ3) is 3.35. The Bertz CT molecular complexity index is 966. The Balaban J connectivity index is 1.85. The predicted molar refractivity (Wildman–Crippen MR) is 90.1 cm³/mol. The lowest BCUT2D eigenvalue weighted by atomic mass is 10.1. The van der Waals surface area contributed by atoms with Crippen LogP contribution in [0.1, 0.15) is 16.8 Å². The van der Waals surface area contributed by atoms with Gasteiger partial charge >= 0.3 is 0 Å². The molecule has 0 fully saturated rings. The number of anilines is 1. The van der Waals surface area contributed by atoms with E-state index >= 15 is 0 Å². The van der Waals surface area contributed by atoms with Crippen LogP contribution >= 0.6 is 11.6 Å². The summed E-state index contributed by atoms with van der Waals surface area (Å²) in [7, 11) is 0. The van der Waals surface area contributed by atoms with Crippen molar-refractivity contribution in [2.75, 3.05) is 5.43 Å². The van der Waals surface area contributed by atoms with E-state index in [0.717, 1.165) is 16.5 Å². The van der Waals surface area contributed by atoms with Gasteiger partial charge in [0.25, 0.3) is 5.56 Å². The van der Waals surface area contributed by atoms with Crippen molar-refractivity contribution in [2.45, 2.75) is 13.8 Å². The zero-order chi connectivity index (χ0) is 16.4. The second kappa shape index (κ2) is 6.13. The summed E-state index contributed by atoms with van der Waals surface area (Å²) in [6.45, 7) is 3.57. The van der Waals surface area contributed by atoms with E-state index in [-0.39, 0.29) is 17.2 Å². The number of aryl methyl sites for hydroxylation is 2. The number of aromatic nitrogens is 4. The van der Waals surface area contributed by atoms with Crippen LogP contribution in [0.3, 0.4) is 0 Å². The minimum atomic E-state index is -0.321. The van der Waals surface area contributed by atoms with Gasteiger partial charge in [-0.15, -0.1) is 10.2 Å². The molecule has 23 heavy (non-hydrogen) atoms. The smallest absolute Gasteiger partial charge is 0.274 e. The Morgan fingerprint density at radius 1 is 1.26 bits per heavy atom. The van der Waals surface area contributed by atoms with E-state index in [2.05, 4.69) is 30.7 Å². The number of hydrazone groups is 1. The lowest BCUT2D eigenvalue weighted by molar-refractivity contribution is 0.897. The molecule has 0 atom stereocenters. The molecular formula is C15H13ClN6O. The Hall–Kier alpha value is -2.80. The maximum atomic E-state index is 11.4. The second-order valence-electron chi connectivity index (χ2n) is 5.02. The van der Waals surface area contributed by atoms with Gasteiger partial charge < -0.3 is 0 Å². The maximum Gasteiger partial charge on any atom is 0.274 e.